The van der Waals surface area contributed by atoms with Crippen LogP contribution in [0.15, 0.2) is 54.7 Å². The summed E-state index contributed by atoms with van der Waals surface area (Å²) in [7, 11) is 0. The Hall–Kier alpha value is -8.85. The number of hydrogen-bond acceptors (Lipinski definition) is 33. The first-order valence-electron chi connectivity index (χ1n) is 34.2. The molecule has 0 bridgehead atoms. The van der Waals surface area contributed by atoms with Crippen LogP contribution in [-0.2, 0) is 84.8 Å². The van der Waals surface area contributed by atoms with Gasteiger partial charge in [-0.2, -0.15) is 0 Å². The van der Waals surface area contributed by atoms with Crippen molar-refractivity contribution in [3.05, 3.63) is 65.9 Å². The fourth-order valence-corrected chi connectivity index (χ4v) is 11.3. The number of phenols is 1. The fourth-order valence-electron chi connectivity index (χ4n) is 11.3. The molecule has 1 aliphatic heterocycles. The Morgan fingerprint density at radius 1 is 0.638 bits per heavy atom. The molecule has 1 unspecified atom stereocenters. The van der Waals surface area contributed by atoms with Gasteiger partial charge in [0.25, 0.3) is 0 Å². The van der Waals surface area contributed by atoms with Gasteiger partial charge in [-0.15, -0.1) is 0 Å². The summed E-state index contributed by atoms with van der Waals surface area (Å²) in [5.74, 6) is -17.3. The number of fused-ring (bicyclic) bond motifs is 1. The van der Waals surface area contributed by atoms with Gasteiger partial charge in [0.05, 0.1) is 74.4 Å². The van der Waals surface area contributed by atoms with Gasteiger partial charge in [0.2, 0.25) is 75.7 Å². The highest BCUT2D eigenvalue weighted by atomic mass is 16.4. The zero-order chi connectivity index (χ0) is 78.4. The summed E-state index contributed by atoms with van der Waals surface area (Å²) in [6.07, 6.45) is -3.94. The number of aromatic nitrogens is 1. The molecule has 39 heteroatoms. The molecule has 0 spiro atoms. The summed E-state index contributed by atoms with van der Waals surface area (Å²) in [5.41, 5.74) is 53.6. The van der Waals surface area contributed by atoms with Crippen molar-refractivity contribution in [3.63, 3.8) is 0 Å². The number of rotatable bonds is 54. The highest BCUT2D eigenvalue weighted by molar-refractivity contribution is 6.43. The van der Waals surface area contributed by atoms with Crippen molar-refractivity contribution in [3.8, 4) is 5.75 Å². The molecular formula is C66H102N20O19. The SMILES string of the molecule is CC(C)C[C@H](NC(=O)CNNC(Cc1c[nH]c2ccc(O)cc12)C(=O)C(=O)[C@@H](N)CC(=O)O)C(=O)N[C@@H](CC(N)=O)C(=O)C(=O)[C@@H](NN1CCC[C@H]1C(=O)C(=O)[C@H](CO)NN[C@@H](CCCNC(N)N)C(=O)C(=O)[C@@H](NN[C@@H](CCCNC(N)N)C(=O)N[C@@H](Cc1ccccc1)C(=O)C=O)[C@@H](C)O)C(C)C. The number of Topliss-reactive ketones (excluding diaryl/α,β-unsaturated/α-hetero) is 9. The van der Waals surface area contributed by atoms with Gasteiger partial charge >= 0.3 is 5.97 Å². The highest BCUT2D eigenvalue weighted by Gasteiger charge is 2.43. The number of aliphatic hydroxyl groups is 2. The van der Waals surface area contributed by atoms with Crippen molar-refractivity contribution in [2.24, 2.45) is 46.2 Å². The van der Waals surface area contributed by atoms with E-state index in [0.29, 0.717) is 22.0 Å². The van der Waals surface area contributed by atoms with E-state index in [4.69, 9.17) is 34.4 Å². The van der Waals surface area contributed by atoms with Gasteiger partial charge in [0.15, 0.2) is 6.29 Å². The Bertz CT molecular complexity index is 3500. The van der Waals surface area contributed by atoms with Crippen molar-refractivity contribution in [2.45, 2.75) is 190 Å². The zero-order valence-electron chi connectivity index (χ0n) is 59.1. The Kier molecular flexibility index (Phi) is 37.3. The molecule has 4 rings (SSSR count). The number of ketones is 9. The molecule has 4 amide bonds. The van der Waals surface area contributed by atoms with Crippen LogP contribution in [0.4, 0.5) is 0 Å². The van der Waals surface area contributed by atoms with Crippen LogP contribution in [0.1, 0.15) is 104 Å². The molecule has 0 saturated carbocycles. The molecule has 580 valence electrons. The van der Waals surface area contributed by atoms with Crippen LogP contribution in [0.5, 0.6) is 5.75 Å². The van der Waals surface area contributed by atoms with Crippen molar-refractivity contribution < 1.29 is 92.3 Å². The van der Waals surface area contributed by atoms with Gasteiger partial charge in [0, 0.05) is 30.1 Å². The van der Waals surface area contributed by atoms with Crippen LogP contribution < -0.4 is 99.0 Å². The van der Waals surface area contributed by atoms with E-state index < -0.39 is 199 Å². The maximum Gasteiger partial charge on any atom is 0.305 e. The Balaban J connectivity index is 1.48. The van der Waals surface area contributed by atoms with E-state index in [1.807, 2.05) is 0 Å². The third kappa shape index (κ3) is 28.9. The number of benzene rings is 2. The Labute approximate surface area is 604 Å². The molecule has 2 heterocycles. The van der Waals surface area contributed by atoms with Gasteiger partial charge in [-0.25, -0.2) is 43.0 Å². The normalized spacial score (nSPS) is 16.4. The predicted octanol–water partition coefficient (Wildman–Crippen LogP) is -8.21. The quantitative estimate of drug-likeness (QED) is 0.00820. The first-order valence-corrected chi connectivity index (χ1v) is 34.2. The lowest BCUT2D eigenvalue weighted by molar-refractivity contribution is -0.144. The monoisotopic (exact) mass is 1480 g/mol. The number of aliphatic hydroxyl groups excluding tert-OH is 2. The third-order valence-corrected chi connectivity index (χ3v) is 16.8. The summed E-state index contributed by atoms with van der Waals surface area (Å²) in [4.78, 5) is 205. The number of H-pyrrole nitrogens is 1. The zero-order valence-corrected chi connectivity index (χ0v) is 59.1. The number of carboxylic acids is 1. The summed E-state index contributed by atoms with van der Waals surface area (Å²) < 4.78 is 0. The van der Waals surface area contributed by atoms with Crippen LogP contribution >= 0.6 is 0 Å². The molecule has 1 aliphatic rings. The summed E-state index contributed by atoms with van der Waals surface area (Å²) in [6.45, 7) is 6.09. The maximum absolute atomic E-state index is 14.4. The van der Waals surface area contributed by atoms with Crippen LogP contribution in [0.2, 0.25) is 0 Å². The second-order valence-corrected chi connectivity index (χ2v) is 26.3. The number of nitrogens with one attached hydrogen (secondary N) is 13. The number of nitrogens with two attached hydrogens (primary N) is 6. The van der Waals surface area contributed by atoms with Gasteiger partial charge in [-0.05, 0) is 113 Å². The number of primary amides is 1. The van der Waals surface area contributed by atoms with Crippen molar-refractivity contribution in [1.29, 1.82) is 0 Å². The van der Waals surface area contributed by atoms with Gasteiger partial charge < -0.3 is 75.8 Å². The highest BCUT2D eigenvalue weighted by Crippen LogP contribution is 2.25. The second-order valence-electron chi connectivity index (χ2n) is 26.3. The number of nitrogens with zero attached hydrogens (tertiary/aromatic N) is 1. The molecule has 39 nitrogen and oxygen atoms in total. The van der Waals surface area contributed by atoms with Gasteiger partial charge in [0.1, 0.15) is 42.5 Å². The minimum absolute atomic E-state index is 0.00451. The smallest absolute Gasteiger partial charge is 0.305 e. The molecule has 2 aromatic carbocycles. The van der Waals surface area contributed by atoms with Crippen molar-refractivity contribution in [1.82, 2.24) is 74.6 Å². The molecule has 29 N–H and O–H groups in total. The average Bonchev–Trinajstić information content (AvgIpc) is 1.73. The Morgan fingerprint density at radius 3 is 1.80 bits per heavy atom. The summed E-state index contributed by atoms with van der Waals surface area (Å²) in [6, 6.07) is -4.40. The average molecular weight is 1480 g/mol. The molecule has 1 saturated heterocycles. The number of aldehydes is 1. The molecule has 0 radical (unpaired) electrons. The summed E-state index contributed by atoms with van der Waals surface area (Å²) >= 11 is 0. The third-order valence-electron chi connectivity index (χ3n) is 16.8. The molecule has 3 aromatic rings. The predicted molar refractivity (Wildman–Crippen MR) is 376 cm³/mol. The fraction of sp³-hybridized carbons (Fsp3) is 0.561. The maximum atomic E-state index is 14.4. The largest absolute Gasteiger partial charge is 0.508 e. The van der Waals surface area contributed by atoms with Crippen molar-refractivity contribution >= 4 is 98.8 Å². The molecule has 1 aromatic heterocycles. The number of carbonyl (C=O) groups excluding carboxylic acids is 14. The lowest BCUT2D eigenvalue weighted by Gasteiger charge is -2.31. The van der Waals surface area contributed by atoms with E-state index in [9.17, 15) is 92.3 Å². The number of hydrogen-bond donors (Lipinski definition) is 23. The van der Waals surface area contributed by atoms with E-state index >= 15 is 0 Å². The van der Waals surface area contributed by atoms with Crippen LogP contribution in [-0.4, -0.2) is 236 Å². The number of carboxylic acid groups (broad SMARTS) is 1. The molecule has 0 aliphatic carbocycles. The van der Waals surface area contributed by atoms with Gasteiger partial charge in [-0.3, -0.25) is 82.6 Å². The van der Waals surface area contributed by atoms with E-state index in [0.717, 1.165) is 6.92 Å². The minimum atomic E-state index is -1.92. The van der Waals surface area contributed by atoms with Crippen LogP contribution in [0, 0.1) is 11.8 Å². The summed E-state index contributed by atoms with van der Waals surface area (Å²) in [5, 5.41) is 55.5. The minimum Gasteiger partial charge on any atom is -0.508 e. The lowest BCUT2D eigenvalue weighted by Crippen LogP contribution is -2.63. The number of hydrazine groups is 4. The topological polar surface area (TPSA) is 656 Å². The van der Waals surface area contributed by atoms with E-state index in [1.54, 1.807) is 50.2 Å². The molecule has 12 atom stereocenters. The van der Waals surface area contributed by atoms with Crippen LogP contribution in [0.25, 0.3) is 10.9 Å². The lowest BCUT2D eigenvalue weighted by atomic mass is 9.93. The Morgan fingerprint density at radius 2 is 1.22 bits per heavy atom. The first-order chi connectivity index (χ1) is 49.6. The number of amides is 4. The first kappa shape index (κ1) is 88.5. The van der Waals surface area contributed by atoms with Crippen molar-refractivity contribution in [2.75, 3.05) is 32.8 Å². The second kappa shape index (κ2) is 44.2. The number of aromatic amines is 1. The number of aromatic hydroxyl groups is 1. The van der Waals surface area contributed by atoms with E-state index in [1.165, 1.54) is 37.2 Å². The molecule has 1 fully saturated rings. The van der Waals surface area contributed by atoms with E-state index in [2.05, 4.69) is 69.5 Å². The number of aliphatic carboxylic acids is 1. The van der Waals surface area contributed by atoms with E-state index in [-0.39, 0.29) is 95.4 Å². The van der Waals surface area contributed by atoms with Crippen LogP contribution in [0.3, 0.4) is 0 Å². The number of phenolic OH excluding ortho intramolecular Hbond substituents is 1. The van der Waals surface area contributed by atoms with Gasteiger partial charge in [-0.1, -0.05) is 58.0 Å². The molecule has 105 heavy (non-hydrogen) atoms. The molecular weight excluding hydrogens is 1380 g/mol. The standard InChI is InChI=1S/C66H102N20O19/c1-32(2)22-46(77-51(93)29-76-80-45(58(99)55(96)39(67)26-52(94)95)24-36-28-75-40-18-17-37(90)25-38(36)40)64(105)79-44(27-50(68)92)57(98)61(102)53(33(3)4)85-86-21-11-16-48(86)60(101)59(100)47(30-87)83-81-41(14-9-19-73-65(69)70)56(97)62(103)54(34(5)89)84-82-42(15-10-20-74-66(71)72)63(104)78-43(49(91)31-88)23-35-12-7-6-8-13-35/h6-8,12-13,17-18,25,28,31-34,39,41-48,53-54,65-66,73-76,80-85,87,89-90H,9-11,14-16,19-24,26-27,29-30,67,69-72H2,1-5H3,(H2,68,92)(H,77,93)(H,78,104)(H,79,105)(H,94,95)/t34-,39+,41+,42+,43+,44+,45?,46+,47+,48+,53+,54+/m1/s1. The number of carbonyl (C=O) groups is 15.